The fraction of sp³-hybridized carbons (Fsp3) is 0.368. The van der Waals surface area contributed by atoms with Crippen LogP contribution in [-0.2, 0) is 33.8 Å². The molecule has 3 heterocycles. The number of aliphatic hydroxyl groups excluding tert-OH is 1. The molecular formula is C19H22N4O4. The summed E-state index contributed by atoms with van der Waals surface area (Å²) in [7, 11) is 3.11. The number of aliphatic hydroxyl groups is 1. The molecular weight excluding hydrogens is 348 g/mol. The predicted molar refractivity (Wildman–Crippen MR) is 98.1 cm³/mol. The zero-order valence-corrected chi connectivity index (χ0v) is 15.3. The molecule has 3 rings (SSSR count). The fourth-order valence-corrected chi connectivity index (χ4v) is 3.07. The van der Waals surface area contributed by atoms with Crippen molar-refractivity contribution in [1.82, 2.24) is 15.3 Å². The van der Waals surface area contributed by atoms with Gasteiger partial charge in [-0.3, -0.25) is 14.8 Å². The molecule has 0 bridgehead atoms. The lowest BCUT2D eigenvalue weighted by Crippen LogP contribution is -2.33. The number of carbonyl (C=O) groups excluding carboxylic acids is 1. The number of fused-ring (bicyclic) bond motifs is 1. The molecule has 0 saturated heterocycles. The molecule has 1 aliphatic heterocycles. The maximum absolute atomic E-state index is 12.5. The van der Waals surface area contributed by atoms with Crippen molar-refractivity contribution in [3.05, 3.63) is 58.7 Å². The Morgan fingerprint density at radius 1 is 1.37 bits per heavy atom. The van der Waals surface area contributed by atoms with Crippen molar-refractivity contribution >= 4 is 11.8 Å². The average molecular weight is 370 g/mol. The molecule has 0 aliphatic carbocycles. The van der Waals surface area contributed by atoms with Crippen LogP contribution in [0.4, 0.5) is 0 Å². The number of methoxy groups -OCH3 is 2. The number of hydrogen-bond donors (Lipinski definition) is 2. The third-order valence-corrected chi connectivity index (χ3v) is 4.23. The van der Waals surface area contributed by atoms with Crippen LogP contribution in [0, 0.1) is 0 Å². The Kier molecular flexibility index (Phi) is 6.10. The maximum Gasteiger partial charge on any atom is 0.226 e. The van der Waals surface area contributed by atoms with Gasteiger partial charge in [0, 0.05) is 13.3 Å². The Balaban J connectivity index is 1.74. The third-order valence-electron chi connectivity index (χ3n) is 4.23. The lowest BCUT2D eigenvalue weighted by molar-refractivity contribution is -0.121. The molecule has 27 heavy (non-hydrogen) atoms. The van der Waals surface area contributed by atoms with E-state index in [2.05, 4.69) is 20.3 Å². The highest BCUT2D eigenvalue weighted by Crippen LogP contribution is 2.23. The molecule has 142 valence electrons. The quantitative estimate of drug-likeness (QED) is 0.751. The van der Waals surface area contributed by atoms with E-state index < -0.39 is 0 Å². The second-order valence-electron chi connectivity index (χ2n) is 6.08. The molecule has 0 spiro atoms. The Bertz CT molecular complexity index is 839. The summed E-state index contributed by atoms with van der Waals surface area (Å²) >= 11 is 0. The normalized spacial score (nSPS) is 13.7. The Morgan fingerprint density at radius 3 is 2.89 bits per heavy atom. The van der Waals surface area contributed by atoms with Crippen molar-refractivity contribution in [2.24, 2.45) is 4.99 Å². The predicted octanol–water partition coefficient (Wildman–Crippen LogP) is 0.922. The van der Waals surface area contributed by atoms with Gasteiger partial charge in [-0.05, 0) is 23.8 Å². The Hall–Kier alpha value is -2.84. The third kappa shape index (κ3) is 4.29. The van der Waals surface area contributed by atoms with Gasteiger partial charge in [0.1, 0.15) is 0 Å². The second kappa shape index (κ2) is 8.70. The molecule has 1 amide bonds. The number of hydrogen-bond acceptors (Lipinski definition) is 7. The molecule has 1 atom stereocenters. The van der Waals surface area contributed by atoms with Gasteiger partial charge < -0.3 is 19.9 Å². The summed E-state index contributed by atoms with van der Waals surface area (Å²) in [5.41, 5.74) is 3.37. The summed E-state index contributed by atoms with van der Waals surface area (Å²) in [5.74, 6) is 0.262. The van der Waals surface area contributed by atoms with Crippen molar-refractivity contribution in [2.75, 3.05) is 20.8 Å². The maximum atomic E-state index is 12.5. The molecule has 8 heteroatoms. The lowest BCUT2D eigenvalue weighted by Gasteiger charge is -2.17. The summed E-state index contributed by atoms with van der Waals surface area (Å²) < 4.78 is 10.4. The van der Waals surface area contributed by atoms with Crippen molar-refractivity contribution in [2.45, 2.75) is 25.6 Å². The highest BCUT2D eigenvalue weighted by molar-refractivity contribution is 5.98. The number of rotatable bonds is 7. The van der Waals surface area contributed by atoms with Crippen LogP contribution >= 0.6 is 0 Å². The fourth-order valence-electron chi connectivity index (χ4n) is 3.07. The van der Waals surface area contributed by atoms with Gasteiger partial charge >= 0.3 is 0 Å². The number of ether oxygens (including phenoxy) is 2. The molecule has 1 aliphatic rings. The molecule has 2 aromatic rings. The zero-order valence-electron chi connectivity index (χ0n) is 15.3. The average Bonchev–Trinajstić information content (AvgIpc) is 3.10. The highest BCUT2D eigenvalue weighted by atomic mass is 16.5. The summed E-state index contributed by atoms with van der Waals surface area (Å²) in [5, 5.41) is 12.6. The van der Waals surface area contributed by atoms with E-state index in [1.165, 1.54) is 7.11 Å². The highest BCUT2D eigenvalue weighted by Gasteiger charge is 2.23. The number of amides is 1. The summed E-state index contributed by atoms with van der Waals surface area (Å²) in [6.07, 6.45) is 1.75. The van der Waals surface area contributed by atoms with Gasteiger partial charge in [-0.25, -0.2) is 4.99 Å². The van der Waals surface area contributed by atoms with Gasteiger partial charge in [0.15, 0.2) is 0 Å². The Labute approximate surface area is 157 Å². The van der Waals surface area contributed by atoms with Crippen molar-refractivity contribution in [1.29, 1.82) is 0 Å². The smallest absolute Gasteiger partial charge is 0.226 e. The van der Waals surface area contributed by atoms with Gasteiger partial charge in [0.2, 0.25) is 11.8 Å². The molecule has 2 N–H and O–H groups in total. The number of pyridine rings is 2. The monoisotopic (exact) mass is 370 g/mol. The molecule has 8 nitrogen and oxygen atoms in total. The van der Waals surface area contributed by atoms with Crippen LogP contribution in [0.15, 0.2) is 35.5 Å². The van der Waals surface area contributed by atoms with Crippen LogP contribution in [0.5, 0.6) is 0 Å². The molecule has 0 saturated carbocycles. The Morgan fingerprint density at radius 2 is 2.22 bits per heavy atom. The molecule has 0 aromatic carbocycles. The van der Waals surface area contributed by atoms with Crippen LogP contribution in [0.1, 0.15) is 34.3 Å². The van der Waals surface area contributed by atoms with E-state index >= 15 is 0 Å². The van der Waals surface area contributed by atoms with E-state index in [1.54, 1.807) is 13.3 Å². The topological polar surface area (TPSA) is 106 Å². The van der Waals surface area contributed by atoms with Gasteiger partial charge in [-0.1, -0.05) is 6.07 Å². The van der Waals surface area contributed by atoms with Gasteiger partial charge in [0.05, 0.1) is 62.0 Å². The van der Waals surface area contributed by atoms with Crippen LogP contribution in [0.3, 0.4) is 0 Å². The van der Waals surface area contributed by atoms with Gasteiger partial charge in [-0.2, -0.15) is 0 Å². The van der Waals surface area contributed by atoms with Crippen molar-refractivity contribution < 1.29 is 19.4 Å². The van der Waals surface area contributed by atoms with E-state index in [0.717, 1.165) is 16.8 Å². The minimum atomic E-state index is -0.348. The van der Waals surface area contributed by atoms with Crippen LogP contribution in [-0.4, -0.2) is 47.7 Å². The number of aliphatic imine (C=N–C) groups is 1. The first-order valence-electron chi connectivity index (χ1n) is 8.56. The van der Waals surface area contributed by atoms with Crippen molar-refractivity contribution in [3.8, 4) is 0 Å². The molecule has 0 fully saturated rings. The number of nitrogens with zero attached hydrogens (tertiary/aromatic N) is 3. The van der Waals surface area contributed by atoms with E-state index in [-0.39, 0.29) is 25.0 Å². The summed E-state index contributed by atoms with van der Waals surface area (Å²) in [6.45, 7) is 0.511. The first-order valence-corrected chi connectivity index (χ1v) is 8.56. The molecule has 2 aromatic heterocycles. The molecule has 1 unspecified atom stereocenters. The van der Waals surface area contributed by atoms with E-state index in [9.17, 15) is 9.90 Å². The first-order chi connectivity index (χ1) is 13.2. The zero-order chi connectivity index (χ0) is 19.2. The van der Waals surface area contributed by atoms with E-state index in [1.807, 2.05) is 24.3 Å². The van der Waals surface area contributed by atoms with Crippen LogP contribution < -0.4 is 5.32 Å². The summed E-state index contributed by atoms with van der Waals surface area (Å²) in [6, 6.07) is 7.00. The minimum absolute atomic E-state index is 0.0790. The number of carbonyl (C=O) groups is 1. The lowest BCUT2D eigenvalue weighted by atomic mass is 10.1. The summed E-state index contributed by atoms with van der Waals surface area (Å²) in [4.78, 5) is 25.5. The number of aromatic nitrogens is 2. The largest absolute Gasteiger partial charge is 0.481 e. The van der Waals surface area contributed by atoms with Gasteiger partial charge in [0.25, 0.3) is 0 Å². The van der Waals surface area contributed by atoms with E-state index in [4.69, 9.17) is 9.47 Å². The van der Waals surface area contributed by atoms with Crippen LogP contribution in [0.2, 0.25) is 0 Å². The minimum Gasteiger partial charge on any atom is -0.481 e. The standard InChI is InChI=1S/C19H22N4O4/c1-26-11-16(14-5-3-4-6-20-14)23-17(25)8-13-7-12-9-21-19(27-2)18(12)15(10-24)22-13/h3-7,16,24H,8-11H2,1-2H3,(H,23,25). The van der Waals surface area contributed by atoms with Crippen molar-refractivity contribution in [3.63, 3.8) is 0 Å². The first kappa shape index (κ1) is 18.9. The van der Waals surface area contributed by atoms with Crippen LogP contribution in [0.25, 0.3) is 0 Å². The molecule has 0 radical (unpaired) electrons. The van der Waals surface area contributed by atoms with Gasteiger partial charge in [-0.15, -0.1) is 0 Å². The van der Waals surface area contributed by atoms with E-state index in [0.29, 0.717) is 30.4 Å². The second-order valence-corrected chi connectivity index (χ2v) is 6.08. The SMILES string of the molecule is COCC(NC(=O)Cc1cc2c(c(CO)n1)C(OC)=NC2)c1ccccn1. The number of nitrogens with one attached hydrogen (secondary N) is 1.